The van der Waals surface area contributed by atoms with E-state index in [0.29, 0.717) is 24.4 Å². The first-order valence-corrected chi connectivity index (χ1v) is 10.1. The molecular weight excluding hydrogens is 346 g/mol. The molecule has 5 nitrogen and oxygen atoms in total. The van der Waals surface area contributed by atoms with Crippen LogP contribution in [0.1, 0.15) is 34.5 Å². The van der Waals surface area contributed by atoms with E-state index in [1.807, 2.05) is 15.9 Å². The number of piperidine rings is 1. The minimum atomic E-state index is 0.0529. The molecular formula is C20H23N3O2S. The molecule has 2 bridgehead atoms. The van der Waals surface area contributed by atoms with Gasteiger partial charge in [-0.1, -0.05) is 6.07 Å². The lowest BCUT2D eigenvalue weighted by molar-refractivity contribution is -0.135. The van der Waals surface area contributed by atoms with Crippen LogP contribution in [-0.4, -0.2) is 52.3 Å². The number of thiophene rings is 1. The average Bonchev–Trinajstić information content (AvgIpc) is 3.04. The van der Waals surface area contributed by atoms with Crippen molar-refractivity contribution in [2.75, 3.05) is 19.6 Å². The molecule has 2 unspecified atom stereocenters. The Morgan fingerprint density at radius 1 is 1.12 bits per heavy atom. The Morgan fingerprint density at radius 2 is 1.96 bits per heavy atom. The molecule has 0 spiro atoms. The zero-order chi connectivity index (χ0) is 17.9. The second-order valence-corrected chi connectivity index (χ2v) is 8.20. The fourth-order valence-corrected chi connectivity index (χ4v) is 4.77. The fraction of sp³-hybridized carbons (Fsp3) is 0.450. The summed E-state index contributed by atoms with van der Waals surface area (Å²) in [4.78, 5) is 34.8. The summed E-state index contributed by atoms with van der Waals surface area (Å²) in [5, 5.41) is 2.05. The summed E-state index contributed by atoms with van der Waals surface area (Å²) in [6.45, 7) is 2.17. The van der Waals surface area contributed by atoms with Gasteiger partial charge in [0.2, 0.25) is 5.91 Å². The topological polar surface area (TPSA) is 53.5 Å². The molecule has 6 heteroatoms. The van der Waals surface area contributed by atoms with Crippen molar-refractivity contribution in [3.8, 4) is 0 Å². The van der Waals surface area contributed by atoms with Gasteiger partial charge < -0.3 is 9.80 Å². The van der Waals surface area contributed by atoms with E-state index in [4.69, 9.17) is 0 Å². The summed E-state index contributed by atoms with van der Waals surface area (Å²) in [7, 11) is 0. The molecule has 26 heavy (non-hydrogen) atoms. The first-order chi connectivity index (χ1) is 12.7. The molecule has 5 rings (SSSR count). The lowest BCUT2D eigenvalue weighted by atomic mass is 9.94. The highest BCUT2D eigenvalue weighted by molar-refractivity contribution is 7.09. The summed E-state index contributed by atoms with van der Waals surface area (Å²) in [6.07, 6.45) is 6.77. The summed E-state index contributed by atoms with van der Waals surface area (Å²) in [6, 6.07) is 7.79. The zero-order valence-corrected chi connectivity index (χ0v) is 15.5. The molecule has 0 N–H and O–H groups in total. The molecule has 0 saturated carbocycles. The summed E-state index contributed by atoms with van der Waals surface area (Å²) in [5.74, 6) is 0.661. The molecule has 3 saturated heterocycles. The largest absolute Gasteiger partial charge is 0.338 e. The van der Waals surface area contributed by atoms with Crippen molar-refractivity contribution in [3.05, 3.63) is 52.5 Å². The van der Waals surface area contributed by atoms with Gasteiger partial charge in [-0.3, -0.25) is 14.6 Å². The van der Waals surface area contributed by atoms with Crippen LogP contribution in [0.4, 0.5) is 0 Å². The van der Waals surface area contributed by atoms with Crippen LogP contribution < -0.4 is 0 Å². The van der Waals surface area contributed by atoms with Crippen molar-refractivity contribution in [3.63, 3.8) is 0 Å². The van der Waals surface area contributed by atoms with Gasteiger partial charge in [0, 0.05) is 54.9 Å². The van der Waals surface area contributed by atoms with E-state index >= 15 is 0 Å². The Bertz CT molecular complexity index is 763. The van der Waals surface area contributed by atoms with Gasteiger partial charge in [0.1, 0.15) is 0 Å². The van der Waals surface area contributed by atoms with E-state index in [0.717, 1.165) is 32.4 Å². The zero-order valence-electron chi connectivity index (χ0n) is 14.7. The quantitative estimate of drug-likeness (QED) is 0.833. The van der Waals surface area contributed by atoms with Crippen LogP contribution in [0.15, 0.2) is 42.0 Å². The average molecular weight is 369 g/mol. The molecule has 0 radical (unpaired) electrons. The highest BCUT2D eigenvalue weighted by atomic mass is 32.1. The molecule has 2 aromatic heterocycles. The number of nitrogens with zero attached hydrogens (tertiary/aromatic N) is 3. The number of fused-ring (bicyclic) bond motifs is 4. The number of hydrogen-bond donors (Lipinski definition) is 0. The smallest absolute Gasteiger partial charge is 0.254 e. The van der Waals surface area contributed by atoms with E-state index in [9.17, 15) is 9.59 Å². The van der Waals surface area contributed by atoms with E-state index in [2.05, 4.69) is 16.4 Å². The second kappa shape index (κ2) is 7.58. The third-order valence-electron chi connectivity index (χ3n) is 5.41. The maximum Gasteiger partial charge on any atom is 0.254 e. The van der Waals surface area contributed by atoms with Crippen molar-refractivity contribution in [2.45, 2.75) is 31.7 Å². The van der Waals surface area contributed by atoms with Crippen molar-refractivity contribution in [2.24, 2.45) is 5.92 Å². The maximum absolute atomic E-state index is 12.8. The van der Waals surface area contributed by atoms with Crippen molar-refractivity contribution in [1.82, 2.24) is 14.8 Å². The van der Waals surface area contributed by atoms with Gasteiger partial charge in [0.15, 0.2) is 0 Å². The molecule has 3 aliphatic rings. The molecule has 2 amide bonds. The lowest BCUT2D eigenvalue weighted by Crippen LogP contribution is -2.47. The predicted molar refractivity (Wildman–Crippen MR) is 101 cm³/mol. The third kappa shape index (κ3) is 3.65. The van der Waals surface area contributed by atoms with E-state index in [-0.39, 0.29) is 17.9 Å². The minimum Gasteiger partial charge on any atom is -0.338 e. The van der Waals surface area contributed by atoms with Gasteiger partial charge in [-0.25, -0.2) is 0 Å². The second-order valence-electron chi connectivity index (χ2n) is 7.17. The number of rotatable bonds is 4. The van der Waals surface area contributed by atoms with Crippen LogP contribution in [0.3, 0.4) is 0 Å². The molecule has 2 aromatic rings. The third-order valence-corrected chi connectivity index (χ3v) is 6.35. The van der Waals surface area contributed by atoms with Gasteiger partial charge in [-0.05, 0) is 48.8 Å². The predicted octanol–water partition coefficient (Wildman–Crippen LogP) is 2.84. The van der Waals surface area contributed by atoms with Crippen molar-refractivity contribution in [1.29, 1.82) is 0 Å². The van der Waals surface area contributed by atoms with E-state index < -0.39 is 0 Å². The summed E-state index contributed by atoms with van der Waals surface area (Å²) in [5.41, 5.74) is 0.678. The molecule has 0 aromatic carbocycles. The Balaban J connectivity index is 1.43. The van der Waals surface area contributed by atoms with Gasteiger partial charge >= 0.3 is 0 Å². The normalized spacial score (nSPS) is 22.3. The van der Waals surface area contributed by atoms with Crippen LogP contribution in [0.2, 0.25) is 0 Å². The lowest BCUT2D eigenvalue weighted by Gasteiger charge is -2.36. The Labute approximate surface area is 157 Å². The van der Waals surface area contributed by atoms with Crippen LogP contribution >= 0.6 is 11.3 Å². The number of carbonyl (C=O) groups is 2. The van der Waals surface area contributed by atoms with Gasteiger partial charge in [0.25, 0.3) is 5.91 Å². The molecule has 2 atom stereocenters. The number of aryl methyl sites for hydroxylation is 1. The number of pyridine rings is 1. The summed E-state index contributed by atoms with van der Waals surface area (Å²) < 4.78 is 0. The minimum absolute atomic E-state index is 0.0529. The van der Waals surface area contributed by atoms with E-state index in [1.54, 1.807) is 35.9 Å². The molecule has 136 valence electrons. The Kier molecular flexibility index (Phi) is 5.02. The standard InChI is InChI=1S/C20H23N3O2S/c24-19(6-5-18-2-1-11-26-18)23-13-15-3-4-17(23)14-22(12-15)20(25)16-7-9-21-10-8-16/h1-2,7-11,15,17H,3-6,12-14H2. The van der Waals surface area contributed by atoms with Gasteiger partial charge in [0.05, 0.1) is 0 Å². The monoisotopic (exact) mass is 369 g/mol. The van der Waals surface area contributed by atoms with E-state index in [1.165, 1.54) is 4.88 Å². The highest BCUT2D eigenvalue weighted by Gasteiger charge is 2.38. The first-order valence-electron chi connectivity index (χ1n) is 9.22. The van der Waals surface area contributed by atoms with Crippen LogP contribution in [-0.2, 0) is 11.2 Å². The number of hydrogen-bond acceptors (Lipinski definition) is 4. The summed E-state index contributed by atoms with van der Waals surface area (Å²) >= 11 is 1.70. The van der Waals surface area contributed by atoms with Crippen molar-refractivity contribution >= 4 is 23.2 Å². The number of amides is 2. The Morgan fingerprint density at radius 3 is 2.73 bits per heavy atom. The first kappa shape index (κ1) is 17.2. The molecule has 3 fully saturated rings. The van der Waals surface area contributed by atoms with Crippen LogP contribution in [0.5, 0.6) is 0 Å². The fourth-order valence-electron chi connectivity index (χ4n) is 4.06. The van der Waals surface area contributed by atoms with Gasteiger partial charge in [-0.2, -0.15) is 0 Å². The molecule has 0 aliphatic carbocycles. The SMILES string of the molecule is O=C(c1ccncc1)N1CC2CCC(C1)N(C(=O)CCc1cccs1)C2. The van der Waals surface area contributed by atoms with Crippen LogP contribution in [0, 0.1) is 5.92 Å². The molecule has 5 heterocycles. The van der Waals surface area contributed by atoms with Crippen molar-refractivity contribution < 1.29 is 9.59 Å². The van der Waals surface area contributed by atoms with Crippen LogP contribution in [0.25, 0.3) is 0 Å². The number of aromatic nitrogens is 1. The van der Waals surface area contributed by atoms with Gasteiger partial charge in [-0.15, -0.1) is 11.3 Å². The molecule has 3 aliphatic heterocycles. The number of carbonyl (C=O) groups excluding carboxylic acids is 2. The maximum atomic E-state index is 12.8. The highest BCUT2D eigenvalue weighted by Crippen LogP contribution is 2.29. The Hall–Kier alpha value is -2.21.